The van der Waals surface area contributed by atoms with E-state index in [-0.39, 0.29) is 23.3 Å². The molecule has 0 N–H and O–H groups in total. The Balaban J connectivity index is 2.66. The van der Waals surface area contributed by atoms with Crippen LogP contribution in [0.15, 0.2) is 60.7 Å². The molecule has 0 aliphatic carbocycles. The highest BCUT2D eigenvalue weighted by Gasteiger charge is 2.17. The number of carbonyl (C=O) groups excluding carboxylic acids is 2. The molecule has 0 atom stereocenters. The van der Waals surface area contributed by atoms with Crippen LogP contribution in [-0.4, -0.2) is 23.3 Å². The van der Waals surface area contributed by atoms with Gasteiger partial charge in [0.05, 0.1) is 11.8 Å². The van der Waals surface area contributed by atoms with Crippen LogP contribution in [0.1, 0.15) is 20.7 Å². The first-order chi connectivity index (χ1) is 10.5. The van der Waals surface area contributed by atoms with Crippen molar-refractivity contribution < 1.29 is 9.59 Å². The molecule has 0 unspecified atom stereocenters. The van der Waals surface area contributed by atoms with Crippen LogP contribution in [0.5, 0.6) is 0 Å². The molecule has 0 aromatic heterocycles. The fourth-order valence-electron chi connectivity index (χ4n) is 2.21. The molecule has 0 amide bonds. The summed E-state index contributed by atoms with van der Waals surface area (Å²) >= 11 is 11.4. The van der Waals surface area contributed by atoms with Gasteiger partial charge in [-0.15, -0.1) is 23.2 Å². The lowest BCUT2D eigenvalue weighted by atomic mass is 9.93. The van der Waals surface area contributed by atoms with Crippen LogP contribution < -0.4 is 0 Å². The van der Waals surface area contributed by atoms with Gasteiger partial charge in [-0.2, -0.15) is 0 Å². The molecule has 0 heterocycles. The first-order valence-electron chi connectivity index (χ1n) is 6.60. The molecule has 2 aromatic rings. The Labute approximate surface area is 139 Å². The van der Waals surface area contributed by atoms with Crippen LogP contribution in [-0.2, 0) is 0 Å². The lowest BCUT2D eigenvalue weighted by Crippen LogP contribution is -2.07. The molecule has 112 valence electrons. The van der Waals surface area contributed by atoms with E-state index in [4.69, 9.17) is 23.2 Å². The lowest BCUT2D eigenvalue weighted by molar-refractivity contribution is 0.102. The van der Waals surface area contributed by atoms with Crippen LogP contribution in [0.2, 0.25) is 0 Å². The molecule has 0 radical (unpaired) electrons. The van der Waals surface area contributed by atoms with Crippen molar-refractivity contribution in [1.29, 1.82) is 0 Å². The minimum Gasteiger partial charge on any atom is -0.289 e. The molecule has 4 heteroatoms. The lowest BCUT2D eigenvalue weighted by Gasteiger charge is -2.10. The molecule has 0 saturated carbocycles. The van der Waals surface area contributed by atoms with E-state index >= 15 is 0 Å². The summed E-state index contributed by atoms with van der Waals surface area (Å²) in [4.78, 5) is 24.7. The number of allylic oxidation sites excluding steroid dienone is 2. The second-order valence-electron chi connectivity index (χ2n) is 4.84. The average molecular weight is 333 g/mol. The highest BCUT2D eigenvalue weighted by atomic mass is 35.5. The maximum Gasteiger partial charge on any atom is 0.190 e. The summed E-state index contributed by atoms with van der Waals surface area (Å²) in [6, 6.07) is 10.5. The number of benzene rings is 2. The molecule has 2 nitrogen and oxygen atoms in total. The molecular weight excluding hydrogens is 319 g/mol. The molecule has 0 saturated heterocycles. The van der Waals surface area contributed by atoms with Gasteiger partial charge >= 0.3 is 0 Å². The number of halogens is 2. The van der Waals surface area contributed by atoms with Crippen molar-refractivity contribution in [2.45, 2.75) is 0 Å². The summed E-state index contributed by atoms with van der Waals surface area (Å²) < 4.78 is 0. The topological polar surface area (TPSA) is 34.1 Å². The Morgan fingerprint density at radius 1 is 0.773 bits per heavy atom. The molecule has 0 bridgehead atoms. The summed E-state index contributed by atoms with van der Waals surface area (Å²) in [5.41, 5.74) is 1.59. The van der Waals surface area contributed by atoms with Gasteiger partial charge in [0.1, 0.15) is 0 Å². The molecule has 2 aromatic carbocycles. The predicted molar refractivity (Wildman–Crippen MR) is 92.3 cm³/mol. The summed E-state index contributed by atoms with van der Waals surface area (Å²) in [5, 5.41) is 1.37. The Hall–Kier alpha value is -1.90. The fourth-order valence-corrected chi connectivity index (χ4v) is 2.45. The van der Waals surface area contributed by atoms with E-state index < -0.39 is 0 Å². The van der Waals surface area contributed by atoms with Gasteiger partial charge < -0.3 is 0 Å². The number of alkyl halides is 2. The second kappa shape index (κ2) is 6.91. The maximum absolute atomic E-state index is 12.4. The molecule has 0 spiro atoms. The van der Waals surface area contributed by atoms with E-state index in [2.05, 4.69) is 13.2 Å². The zero-order valence-corrected chi connectivity index (χ0v) is 13.4. The first-order valence-corrected chi connectivity index (χ1v) is 7.66. The Morgan fingerprint density at radius 3 is 1.45 bits per heavy atom. The van der Waals surface area contributed by atoms with Crippen molar-refractivity contribution in [2.24, 2.45) is 0 Å². The van der Waals surface area contributed by atoms with Crippen LogP contribution in [0.3, 0.4) is 0 Å². The monoisotopic (exact) mass is 332 g/mol. The molecular formula is C18H14Cl2O2. The van der Waals surface area contributed by atoms with E-state index in [9.17, 15) is 9.59 Å². The smallest absolute Gasteiger partial charge is 0.190 e. The molecule has 0 fully saturated rings. The molecule has 22 heavy (non-hydrogen) atoms. The summed E-state index contributed by atoms with van der Waals surface area (Å²) in [6.45, 7) is 7.35. The van der Waals surface area contributed by atoms with Gasteiger partial charge in [-0.25, -0.2) is 0 Å². The minimum atomic E-state index is -0.221. The summed E-state index contributed by atoms with van der Waals surface area (Å²) in [5.74, 6) is -0.309. The third-order valence-corrected chi connectivity index (χ3v) is 4.02. The largest absolute Gasteiger partial charge is 0.289 e. The summed E-state index contributed by atoms with van der Waals surface area (Å²) in [6.07, 6.45) is 0. The van der Waals surface area contributed by atoms with Crippen molar-refractivity contribution >= 4 is 45.5 Å². The SMILES string of the molecule is C=C(CCl)C(=O)c1cccc2c(C(=O)C(=C)CCl)cccc12. The van der Waals surface area contributed by atoms with E-state index in [1.54, 1.807) is 36.4 Å². The van der Waals surface area contributed by atoms with Crippen molar-refractivity contribution in [3.63, 3.8) is 0 Å². The molecule has 0 aliphatic rings. The Morgan fingerprint density at radius 2 is 1.14 bits per heavy atom. The van der Waals surface area contributed by atoms with Gasteiger partial charge in [0.15, 0.2) is 11.6 Å². The predicted octanol–water partition coefficient (Wildman–Crippen LogP) is 4.80. The fraction of sp³-hybridized carbons (Fsp3) is 0.111. The summed E-state index contributed by atoms with van der Waals surface area (Å²) in [7, 11) is 0. The molecule has 2 rings (SSSR count). The van der Waals surface area contributed by atoms with Gasteiger partial charge in [-0.3, -0.25) is 9.59 Å². The van der Waals surface area contributed by atoms with Gasteiger partial charge in [-0.1, -0.05) is 49.6 Å². The third kappa shape index (κ3) is 2.99. The van der Waals surface area contributed by atoms with E-state index in [1.807, 2.05) is 0 Å². The highest BCUT2D eigenvalue weighted by Crippen LogP contribution is 2.26. The number of Topliss-reactive ketones (excluding diaryl/α,β-unsaturated/α-hetero) is 2. The maximum atomic E-state index is 12.4. The third-order valence-electron chi connectivity index (χ3n) is 3.38. The molecule has 0 aliphatic heterocycles. The average Bonchev–Trinajstić information content (AvgIpc) is 2.57. The van der Waals surface area contributed by atoms with Gasteiger partial charge in [0, 0.05) is 22.3 Å². The number of carbonyl (C=O) groups is 2. The minimum absolute atomic E-state index is 0.0664. The zero-order chi connectivity index (χ0) is 16.3. The van der Waals surface area contributed by atoms with Crippen LogP contribution in [0.25, 0.3) is 10.8 Å². The highest BCUT2D eigenvalue weighted by molar-refractivity contribution is 6.28. The normalized spacial score (nSPS) is 10.5. The first kappa shape index (κ1) is 16.5. The number of hydrogen-bond acceptors (Lipinski definition) is 2. The Kier molecular flexibility index (Phi) is 5.17. The van der Waals surface area contributed by atoms with Gasteiger partial charge in [0.25, 0.3) is 0 Å². The van der Waals surface area contributed by atoms with E-state index in [1.165, 1.54) is 0 Å². The number of rotatable bonds is 6. The number of ketones is 2. The van der Waals surface area contributed by atoms with E-state index in [0.29, 0.717) is 33.0 Å². The van der Waals surface area contributed by atoms with Gasteiger partial charge in [-0.05, 0) is 10.8 Å². The van der Waals surface area contributed by atoms with Crippen molar-refractivity contribution in [1.82, 2.24) is 0 Å². The number of fused-ring (bicyclic) bond motifs is 1. The zero-order valence-electron chi connectivity index (χ0n) is 11.9. The Bertz CT molecular complexity index is 724. The van der Waals surface area contributed by atoms with Crippen molar-refractivity contribution in [2.75, 3.05) is 11.8 Å². The van der Waals surface area contributed by atoms with Crippen LogP contribution in [0.4, 0.5) is 0 Å². The quantitative estimate of drug-likeness (QED) is 0.432. The number of hydrogen-bond donors (Lipinski definition) is 0. The standard InChI is InChI=1S/C18H14Cl2O2/c1-11(9-19)17(21)15-7-3-6-14-13(15)5-4-8-16(14)18(22)12(2)10-20/h3-8H,1-2,9-10H2. The van der Waals surface area contributed by atoms with E-state index in [0.717, 1.165) is 0 Å². The van der Waals surface area contributed by atoms with Crippen LogP contribution >= 0.6 is 23.2 Å². The van der Waals surface area contributed by atoms with Crippen molar-refractivity contribution in [3.8, 4) is 0 Å². The van der Waals surface area contributed by atoms with Crippen LogP contribution in [0, 0.1) is 0 Å². The van der Waals surface area contributed by atoms with Crippen molar-refractivity contribution in [3.05, 3.63) is 71.8 Å². The van der Waals surface area contributed by atoms with Gasteiger partial charge in [0.2, 0.25) is 0 Å². The second-order valence-corrected chi connectivity index (χ2v) is 5.37.